The van der Waals surface area contributed by atoms with Gasteiger partial charge in [0.1, 0.15) is 11.3 Å². The lowest BCUT2D eigenvalue weighted by Crippen LogP contribution is -2.27. The van der Waals surface area contributed by atoms with Crippen molar-refractivity contribution in [3.05, 3.63) is 21.9 Å². The van der Waals surface area contributed by atoms with Gasteiger partial charge in [0.15, 0.2) is 5.52 Å². The molecule has 6 heteroatoms. The Kier molecular flexibility index (Phi) is 2.95. The van der Waals surface area contributed by atoms with Crippen LogP contribution in [0.5, 0.6) is 0 Å². The zero-order chi connectivity index (χ0) is 12.7. The van der Waals surface area contributed by atoms with Crippen LogP contribution in [0.4, 0.5) is 0 Å². The van der Waals surface area contributed by atoms with Crippen LogP contribution in [0, 0.1) is 6.92 Å². The summed E-state index contributed by atoms with van der Waals surface area (Å²) in [6.07, 6.45) is 0. The minimum absolute atomic E-state index is 0.0309. The number of aryl methyl sites for hydroxylation is 2. The van der Waals surface area contributed by atoms with Gasteiger partial charge in [-0.1, -0.05) is 0 Å². The van der Waals surface area contributed by atoms with E-state index in [-0.39, 0.29) is 17.5 Å². The molecule has 2 aromatic heterocycles. The smallest absolute Gasteiger partial charge is 0.279 e. The second kappa shape index (κ2) is 4.14. The predicted octanol–water partition coefficient (Wildman–Crippen LogP) is 1.76. The van der Waals surface area contributed by atoms with Gasteiger partial charge in [0.2, 0.25) is 0 Å². The SMILES string of the molecule is Cc1nn(C)c2c(=O)n(C(C)C)c(CCl)nc12. The molecule has 0 fully saturated rings. The van der Waals surface area contributed by atoms with E-state index in [1.54, 1.807) is 16.3 Å². The first kappa shape index (κ1) is 12.1. The van der Waals surface area contributed by atoms with Gasteiger partial charge < -0.3 is 0 Å². The van der Waals surface area contributed by atoms with E-state index in [9.17, 15) is 4.79 Å². The van der Waals surface area contributed by atoms with Crippen molar-refractivity contribution in [2.45, 2.75) is 32.7 Å². The van der Waals surface area contributed by atoms with Crippen molar-refractivity contribution in [1.82, 2.24) is 19.3 Å². The highest BCUT2D eigenvalue weighted by molar-refractivity contribution is 6.16. The first-order valence-electron chi connectivity index (χ1n) is 5.48. The van der Waals surface area contributed by atoms with Gasteiger partial charge in [0.05, 0.1) is 11.6 Å². The summed E-state index contributed by atoms with van der Waals surface area (Å²) in [6, 6.07) is 0.0309. The number of hydrogen-bond donors (Lipinski definition) is 0. The Hall–Kier alpha value is -1.36. The number of halogens is 1. The fourth-order valence-corrected chi connectivity index (χ4v) is 2.25. The van der Waals surface area contributed by atoms with Crippen molar-refractivity contribution in [2.24, 2.45) is 7.05 Å². The monoisotopic (exact) mass is 254 g/mol. The predicted molar refractivity (Wildman–Crippen MR) is 67.4 cm³/mol. The molecule has 0 atom stereocenters. The van der Waals surface area contributed by atoms with E-state index in [1.807, 2.05) is 20.8 Å². The first-order chi connectivity index (χ1) is 7.97. The van der Waals surface area contributed by atoms with E-state index in [0.717, 1.165) is 5.69 Å². The summed E-state index contributed by atoms with van der Waals surface area (Å²) in [7, 11) is 1.75. The lowest BCUT2D eigenvalue weighted by atomic mass is 10.3. The summed E-state index contributed by atoms with van der Waals surface area (Å²) in [6.45, 7) is 5.72. The van der Waals surface area contributed by atoms with Gasteiger partial charge in [-0.15, -0.1) is 11.6 Å². The molecule has 0 aliphatic heterocycles. The standard InChI is InChI=1S/C11H15ClN4O/c1-6(2)16-8(5-12)13-9-7(3)14-15(4)10(9)11(16)17/h6H,5H2,1-4H3. The Morgan fingerprint density at radius 2 is 2.06 bits per heavy atom. The topological polar surface area (TPSA) is 52.7 Å². The third-order valence-corrected chi connectivity index (χ3v) is 3.01. The number of rotatable bonds is 2. The molecular formula is C11H15ClN4O. The largest absolute Gasteiger partial charge is 0.291 e. The molecule has 5 nitrogen and oxygen atoms in total. The Morgan fingerprint density at radius 3 is 2.59 bits per heavy atom. The fraction of sp³-hybridized carbons (Fsp3) is 0.545. The van der Waals surface area contributed by atoms with Crippen LogP contribution in [0.2, 0.25) is 0 Å². The Bertz CT molecular complexity index is 626. The molecule has 0 unspecified atom stereocenters. The molecule has 17 heavy (non-hydrogen) atoms. The number of aromatic nitrogens is 4. The summed E-state index contributed by atoms with van der Waals surface area (Å²) in [5.74, 6) is 0.813. The average molecular weight is 255 g/mol. The van der Waals surface area contributed by atoms with Gasteiger partial charge in [0.25, 0.3) is 5.56 Å². The second-order valence-corrected chi connectivity index (χ2v) is 4.60. The van der Waals surface area contributed by atoms with E-state index in [4.69, 9.17) is 11.6 Å². The fourth-order valence-electron chi connectivity index (χ4n) is 2.06. The van der Waals surface area contributed by atoms with Crippen molar-refractivity contribution in [1.29, 1.82) is 0 Å². The third kappa shape index (κ3) is 1.74. The Balaban J connectivity index is 2.96. The Morgan fingerprint density at radius 1 is 1.41 bits per heavy atom. The van der Waals surface area contributed by atoms with Crippen LogP contribution in [-0.4, -0.2) is 19.3 Å². The van der Waals surface area contributed by atoms with Crippen LogP contribution < -0.4 is 5.56 Å². The van der Waals surface area contributed by atoms with Gasteiger partial charge in [0, 0.05) is 13.1 Å². The summed E-state index contributed by atoms with van der Waals surface area (Å²) >= 11 is 5.86. The maximum Gasteiger partial charge on any atom is 0.279 e. The maximum absolute atomic E-state index is 12.4. The van der Waals surface area contributed by atoms with Crippen LogP contribution in [0.1, 0.15) is 31.4 Å². The highest BCUT2D eigenvalue weighted by Gasteiger charge is 2.17. The molecule has 0 aliphatic carbocycles. The van der Waals surface area contributed by atoms with Crippen molar-refractivity contribution in [3.63, 3.8) is 0 Å². The summed E-state index contributed by atoms with van der Waals surface area (Å²) < 4.78 is 3.20. The van der Waals surface area contributed by atoms with Gasteiger partial charge in [-0.25, -0.2) is 4.98 Å². The molecule has 0 N–H and O–H groups in total. The number of hydrogen-bond acceptors (Lipinski definition) is 3. The van der Waals surface area contributed by atoms with Crippen molar-refractivity contribution < 1.29 is 0 Å². The number of alkyl halides is 1. The van der Waals surface area contributed by atoms with Crippen LogP contribution in [-0.2, 0) is 12.9 Å². The van der Waals surface area contributed by atoms with Crippen LogP contribution in [0.15, 0.2) is 4.79 Å². The molecule has 92 valence electrons. The van der Waals surface area contributed by atoms with Gasteiger partial charge in [-0.05, 0) is 20.8 Å². The second-order valence-electron chi connectivity index (χ2n) is 4.34. The first-order valence-corrected chi connectivity index (χ1v) is 6.01. The molecule has 0 saturated carbocycles. The van der Waals surface area contributed by atoms with Gasteiger partial charge >= 0.3 is 0 Å². The minimum atomic E-state index is -0.0799. The summed E-state index contributed by atoms with van der Waals surface area (Å²) in [4.78, 5) is 16.8. The highest BCUT2D eigenvalue weighted by atomic mass is 35.5. The van der Waals surface area contributed by atoms with E-state index >= 15 is 0 Å². The normalized spacial score (nSPS) is 11.6. The van der Waals surface area contributed by atoms with Crippen molar-refractivity contribution in [2.75, 3.05) is 0 Å². The van der Waals surface area contributed by atoms with E-state index in [1.165, 1.54) is 0 Å². The quantitative estimate of drug-likeness (QED) is 0.768. The average Bonchev–Trinajstić information content (AvgIpc) is 2.53. The zero-order valence-electron chi connectivity index (χ0n) is 10.4. The summed E-state index contributed by atoms with van der Waals surface area (Å²) in [5, 5.41) is 4.22. The lowest BCUT2D eigenvalue weighted by Gasteiger charge is -2.14. The molecule has 0 amide bonds. The third-order valence-electron chi connectivity index (χ3n) is 2.77. The molecule has 2 rings (SSSR count). The number of nitrogens with zero attached hydrogens (tertiary/aromatic N) is 4. The molecular weight excluding hydrogens is 240 g/mol. The van der Waals surface area contributed by atoms with Gasteiger partial charge in [-0.2, -0.15) is 5.10 Å². The van der Waals surface area contributed by atoms with Crippen LogP contribution in [0.3, 0.4) is 0 Å². The van der Waals surface area contributed by atoms with E-state index < -0.39 is 0 Å². The molecule has 0 bridgehead atoms. The van der Waals surface area contributed by atoms with Crippen LogP contribution >= 0.6 is 11.6 Å². The summed E-state index contributed by atoms with van der Waals surface area (Å²) in [5.41, 5.74) is 1.85. The molecule has 0 saturated heterocycles. The molecule has 0 radical (unpaired) electrons. The minimum Gasteiger partial charge on any atom is -0.291 e. The highest BCUT2D eigenvalue weighted by Crippen LogP contribution is 2.15. The van der Waals surface area contributed by atoms with Gasteiger partial charge in [-0.3, -0.25) is 14.0 Å². The molecule has 2 heterocycles. The molecule has 0 aliphatic rings. The zero-order valence-corrected chi connectivity index (χ0v) is 11.1. The van der Waals surface area contributed by atoms with Crippen molar-refractivity contribution in [3.8, 4) is 0 Å². The Labute approximate surface area is 104 Å². The van der Waals surface area contributed by atoms with E-state index in [0.29, 0.717) is 16.9 Å². The number of fused-ring (bicyclic) bond motifs is 1. The van der Waals surface area contributed by atoms with E-state index in [2.05, 4.69) is 10.1 Å². The lowest BCUT2D eigenvalue weighted by molar-refractivity contribution is 0.549. The molecule has 0 aromatic carbocycles. The van der Waals surface area contributed by atoms with Crippen LogP contribution in [0.25, 0.3) is 11.0 Å². The van der Waals surface area contributed by atoms with Crippen molar-refractivity contribution >= 4 is 22.6 Å². The molecule has 0 spiro atoms. The molecule has 2 aromatic rings. The maximum atomic E-state index is 12.4.